The van der Waals surface area contributed by atoms with Crippen molar-refractivity contribution in [1.29, 1.82) is 0 Å². The number of nitrogens with zero attached hydrogens (tertiary/aromatic N) is 3. The summed E-state index contributed by atoms with van der Waals surface area (Å²) in [5, 5.41) is 25.3. The van der Waals surface area contributed by atoms with Crippen molar-refractivity contribution in [1.82, 2.24) is 9.19 Å². The summed E-state index contributed by atoms with van der Waals surface area (Å²) in [6.07, 6.45) is 0. The molecule has 1 aromatic heterocycles. The van der Waals surface area contributed by atoms with Crippen LogP contribution in [0, 0.1) is 17.0 Å². The quantitative estimate of drug-likeness (QED) is 0.207. The molecule has 0 amide bonds. The van der Waals surface area contributed by atoms with Gasteiger partial charge in [0, 0.05) is 18.2 Å². The van der Waals surface area contributed by atoms with E-state index in [1.54, 1.807) is 25.1 Å². The average molecular weight is 500 g/mol. The maximum absolute atomic E-state index is 13.3. The molecule has 1 N–H and O–H groups in total. The van der Waals surface area contributed by atoms with Gasteiger partial charge in [0.2, 0.25) is 5.88 Å². The lowest BCUT2D eigenvalue weighted by atomic mass is 10.2. The van der Waals surface area contributed by atoms with Crippen molar-refractivity contribution in [3.8, 4) is 23.1 Å². The SMILES string of the molecule is COc1ccc2c(c1)c(OCCOc1ccc([N+](=O)[O-])cc1)nn2S(=O)(=O)c1ccc(C)c(O)c1. The Bertz CT molecular complexity index is 1500. The summed E-state index contributed by atoms with van der Waals surface area (Å²) in [5.41, 5.74) is 0.746. The van der Waals surface area contributed by atoms with Crippen molar-refractivity contribution < 1.29 is 32.7 Å². The number of methoxy groups -OCH3 is 1. The van der Waals surface area contributed by atoms with E-state index in [9.17, 15) is 23.6 Å². The summed E-state index contributed by atoms with van der Waals surface area (Å²) in [4.78, 5) is 10.1. The van der Waals surface area contributed by atoms with Gasteiger partial charge in [-0.2, -0.15) is 8.42 Å². The Morgan fingerprint density at radius 2 is 1.69 bits per heavy atom. The number of phenols is 1. The number of benzene rings is 3. The molecule has 0 atom stereocenters. The van der Waals surface area contributed by atoms with Crippen LogP contribution >= 0.6 is 0 Å². The summed E-state index contributed by atoms with van der Waals surface area (Å²) in [6, 6.07) is 14.4. The number of nitro groups is 1. The maximum atomic E-state index is 13.3. The van der Waals surface area contributed by atoms with E-state index >= 15 is 0 Å². The van der Waals surface area contributed by atoms with Crippen molar-refractivity contribution in [3.63, 3.8) is 0 Å². The Kier molecular flexibility index (Phi) is 6.47. The summed E-state index contributed by atoms with van der Waals surface area (Å²) >= 11 is 0. The molecular weight excluding hydrogens is 478 g/mol. The summed E-state index contributed by atoms with van der Waals surface area (Å²) in [5.74, 6) is 0.794. The molecule has 0 aliphatic heterocycles. The molecule has 0 saturated carbocycles. The number of non-ortho nitro benzene ring substituents is 1. The van der Waals surface area contributed by atoms with Crippen molar-refractivity contribution in [2.24, 2.45) is 0 Å². The molecular formula is C23H21N3O8S. The number of aromatic nitrogens is 2. The highest BCUT2D eigenvalue weighted by Crippen LogP contribution is 2.32. The standard InChI is InChI=1S/C23H21N3O8S/c1-15-3-9-19(14-22(15)27)35(30,31)25-21-10-8-18(32-2)13-20(21)23(24-25)34-12-11-33-17-6-4-16(5-7-17)26(28)29/h3-10,13-14,27H,11-12H2,1-2H3. The first-order valence-corrected chi connectivity index (χ1v) is 11.8. The van der Waals surface area contributed by atoms with E-state index in [4.69, 9.17) is 14.2 Å². The van der Waals surface area contributed by atoms with Gasteiger partial charge in [0.15, 0.2) is 0 Å². The lowest BCUT2D eigenvalue weighted by Crippen LogP contribution is -2.15. The van der Waals surface area contributed by atoms with Crippen LogP contribution < -0.4 is 14.2 Å². The minimum Gasteiger partial charge on any atom is -0.508 e. The molecule has 11 nitrogen and oxygen atoms in total. The number of aryl methyl sites for hydroxylation is 1. The maximum Gasteiger partial charge on any atom is 0.283 e. The Morgan fingerprint density at radius 3 is 2.34 bits per heavy atom. The first-order valence-electron chi connectivity index (χ1n) is 10.3. The van der Waals surface area contributed by atoms with E-state index in [0.717, 1.165) is 4.09 Å². The topological polar surface area (TPSA) is 143 Å². The van der Waals surface area contributed by atoms with Crippen LogP contribution in [-0.4, -0.2) is 48.0 Å². The average Bonchev–Trinajstić information content (AvgIpc) is 3.22. The summed E-state index contributed by atoms with van der Waals surface area (Å²) in [7, 11) is -2.67. The van der Waals surface area contributed by atoms with Crippen LogP contribution in [0.15, 0.2) is 65.6 Å². The largest absolute Gasteiger partial charge is 0.508 e. The van der Waals surface area contributed by atoms with Crippen LogP contribution in [0.1, 0.15) is 5.56 Å². The molecule has 12 heteroatoms. The number of ether oxygens (including phenoxy) is 3. The molecule has 35 heavy (non-hydrogen) atoms. The lowest BCUT2D eigenvalue weighted by molar-refractivity contribution is -0.384. The van der Waals surface area contributed by atoms with Crippen LogP contribution in [0.3, 0.4) is 0 Å². The Labute approximate surface area is 200 Å². The fourth-order valence-corrected chi connectivity index (χ4v) is 4.57. The number of nitro benzene ring substituents is 1. The van der Waals surface area contributed by atoms with Crippen molar-refractivity contribution in [2.45, 2.75) is 11.8 Å². The first kappa shape index (κ1) is 23.8. The molecule has 0 aliphatic carbocycles. The summed E-state index contributed by atoms with van der Waals surface area (Å²) in [6.45, 7) is 1.76. The molecule has 1 heterocycles. The van der Waals surface area contributed by atoms with E-state index < -0.39 is 14.9 Å². The first-order chi connectivity index (χ1) is 16.7. The van der Waals surface area contributed by atoms with Crippen molar-refractivity contribution in [2.75, 3.05) is 20.3 Å². The molecule has 0 spiro atoms. The van der Waals surface area contributed by atoms with Gasteiger partial charge in [-0.3, -0.25) is 10.1 Å². The van der Waals surface area contributed by atoms with Crippen LogP contribution in [0.4, 0.5) is 5.69 Å². The van der Waals surface area contributed by atoms with E-state index in [0.29, 0.717) is 22.4 Å². The summed E-state index contributed by atoms with van der Waals surface area (Å²) < 4.78 is 43.9. The Balaban J connectivity index is 1.59. The third-order valence-electron chi connectivity index (χ3n) is 5.17. The molecule has 3 aromatic carbocycles. The second-order valence-electron chi connectivity index (χ2n) is 7.43. The number of rotatable bonds is 9. The fraction of sp³-hybridized carbons (Fsp3) is 0.174. The molecule has 0 aliphatic rings. The van der Waals surface area contributed by atoms with Gasteiger partial charge in [0.1, 0.15) is 30.5 Å². The van der Waals surface area contributed by atoms with E-state index in [2.05, 4.69) is 5.10 Å². The molecule has 0 fully saturated rings. The molecule has 0 radical (unpaired) electrons. The van der Waals surface area contributed by atoms with Gasteiger partial charge >= 0.3 is 0 Å². The normalized spacial score (nSPS) is 11.4. The zero-order valence-corrected chi connectivity index (χ0v) is 19.6. The van der Waals surface area contributed by atoms with Gasteiger partial charge in [-0.1, -0.05) is 6.07 Å². The molecule has 0 saturated heterocycles. The molecule has 0 bridgehead atoms. The van der Waals surface area contributed by atoms with E-state index in [1.165, 1.54) is 49.6 Å². The highest BCUT2D eigenvalue weighted by molar-refractivity contribution is 7.90. The Morgan fingerprint density at radius 1 is 1.00 bits per heavy atom. The Hall–Kier alpha value is -4.32. The zero-order valence-electron chi connectivity index (χ0n) is 18.7. The van der Waals surface area contributed by atoms with Crippen LogP contribution in [-0.2, 0) is 10.0 Å². The monoisotopic (exact) mass is 499 g/mol. The van der Waals surface area contributed by atoms with Crippen molar-refractivity contribution >= 4 is 26.6 Å². The number of phenolic OH excluding ortho intramolecular Hbond substituents is 1. The van der Waals surface area contributed by atoms with Crippen LogP contribution in [0.5, 0.6) is 23.1 Å². The number of hydrogen-bond acceptors (Lipinski definition) is 9. The third-order valence-corrected chi connectivity index (χ3v) is 6.75. The molecule has 4 rings (SSSR count). The number of hydrogen-bond donors (Lipinski definition) is 1. The van der Waals surface area contributed by atoms with Crippen molar-refractivity contribution in [3.05, 3.63) is 76.3 Å². The minimum absolute atomic E-state index is 0.0195. The van der Waals surface area contributed by atoms with Gasteiger partial charge in [-0.15, -0.1) is 9.19 Å². The van der Waals surface area contributed by atoms with Crippen LogP contribution in [0.2, 0.25) is 0 Å². The van der Waals surface area contributed by atoms with E-state index in [-0.39, 0.29) is 40.9 Å². The number of fused-ring (bicyclic) bond motifs is 1. The van der Waals surface area contributed by atoms with Gasteiger partial charge < -0.3 is 19.3 Å². The van der Waals surface area contributed by atoms with Gasteiger partial charge in [0.25, 0.3) is 15.7 Å². The zero-order chi connectivity index (χ0) is 25.2. The van der Waals surface area contributed by atoms with Gasteiger partial charge in [0.05, 0.1) is 27.8 Å². The second kappa shape index (κ2) is 9.50. The lowest BCUT2D eigenvalue weighted by Gasteiger charge is -2.08. The molecule has 182 valence electrons. The van der Waals surface area contributed by atoms with Gasteiger partial charge in [-0.05, 0) is 48.9 Å². The third kappa shape index (κ3) is 4.82. The van der Waals surface area contributed by atoms with E-state index in [1.807, 2.05) is 0 Å². The fourth-order valence-electron chi connectivity index (χ4n) is 3.27. The highest BCUT2D eigenvalue weighted by atomic mass is 32.2. The number of aromatic hydroxyl groups is 1. The minimum atomic E-state index is -4.15. The highest BCUT2D eigenvalue weighted by Gasteiger charge is 2.25. The predicted molar refractivity (Wildman–Crippen MR) is 126 cm³/mol. The predicted octanol–water partition coefficient (Wildman–Crippen LogP) is 3.66. The second-order valence-corrected chi connectivity index (χ2v) is 9.20. The van der Waals surface area contributed by atoms with Gasteiger partial charge in [-0.25, -0.2) is 0 Å². The van der Waals surface area contributed by atoms with Crippen LogP contribution in [0.25, 0.3) is 10.9 Å². The molecule has 4 aromatic rings. The smallest absolute Gasteiger partial charge is 0.283 e. The molecule has 0 unspecified atom stereocenters.